The number of nitriles is 1. The van der Waals surface area contributed by atoms with Crippen LogP contribution in [-0.4, -0.2) is 59.9 Å². The Bertz CT molecular complexity index is 1030. The maximum atomic E-state index is 13.3. The van der Waals surface area contributed by atoms with Gasteiger partial charge in [0.25, 0.3) is 0 Å². The van der Waals surface area contributed by atoms with Crippen molar-refractivity contribution >= 4 is 23.8 Å². The van der Waals surface area contributed by atoms with Crippen LogP contribution in [0.4, 0.5) is 4.79 Å². The third-order valence-corrected chi connectivity index (χ3v) is 6.84. The number of benzene rings is 1. The van der Waals surface area contributed by atoms with Crippen molar-refractivity contribution in [1.29, 1.82) is 5.26 Å². The van der Waals surface area contributed by atoms with Crippen LogP contribution >= 0.6 is 0 Å². The molecule has 2 saturated heterocycles. The third kappa shape index (κ3) is 8.47. The molecule has 1 aromatic carbocycles. The van der Waals surface area contributed by atoms with Crippen molar-refractivity contribution < 1.29 is 23.9 Å². The first-order valence-electron chi connectivity index (χ1n) is 13.3. The van der Waals surface area contributed by atoms with E-state index in [9.17, 15) is 24.4 Å². The van der Waals surface area contributed by atoms with Gasteiger partial charge < -0.3 is 20.7 Å². The van der Waals surface area contributed by atoms with Gasteiger partial charge in [0.05, 0.1) is 6.07 Å². The fraction of sp³-hybridized carbons (Fsp3) is 0.607. The molecule has 2 heterocycles. The van der Waals surface area contributed by atoms with E-state index in [2.05, 4.69) is 22.0 Å². The van der Waals surface area contributed by atoms with Crippen molar-refractivity contribution in [3.63, 3.8) is 0 Å². The number of rotatable bonds is 9. The smallest absolute Gasteiger partial charge is 0.410 e. The Morgan fingerprint density at radius 1 is 1.16 bits per heavy atom. The Hall–Kier alpha value is -3.61. The quantitative estimate of drug-likeness (QED) is 0.453. The standard InChI is InChI=1S/C28H39N5O5/c1-28(2,3)16-22(25(35)31-21(17-29)15-20-11-7-13-30-24(20)34)32-26(36)23-12-8-14-33(23)27(37)38-18-19-9-5-4-6-10-19/h4-6,9-10,20-23H,7-8,11-16,18H2,1-3H3,(H,30,34)(H,31,35)(H,32,36)/t20-,21-,22-,23?/m0/s1. The van der Waals surface area contributed by atoms with Gasteiger partial charge in [0, 0.05) is 19.0 Å². The lowest BCUT2D eigenvalue weighted by atomic mass is 9.87. The van der Waals surface area contributed by atoms with Crippen LogP contribution in [0.15, 0.2) is 30.3 Å². The fourth-order valence-electron chi connectivity index (χ4n) is 4.91. The molecular weight excluding hydrogens is 486 g/mol. The van der Waals surface area contributed by atoms with Crippen molar-refractivity contribution in [2.24, 2.45) is 11.3 Å². The number of hydrogen-bond donors (Lipinski definition) is 3. The lowest BCUT2D eigenvalue weighted by molar-refractivity contribution is -0.132. The summed E-state index contributed by atoms with van der Waals surface area (Å²) in [4.78, 5) is 52.8. The first kappa shape index (κ1) is 29.0. The van der Waals surface area contributed by atoms with Crippen LogP contribution in [0.1, 0.15) is 64.9 Å². The molecule has 0 saturated carbocycles. The minimum absolute atomic E-state index is 0.105. The van der Waals surface area contributed by atoms with E-state index in [4.69, 9.17) is 4.74 Å². The normalized spacial score (nSPS) is 21.0. The van der Waals surface area contributed by atoms with Gasteiger partial charge in [-0.05, 0) is 49.5 Å². The molecule has 0 aliphatic carbocycles. The van der Waals surface area contributed by atoms with Crippen LogP contribution in [0, 0.1) is 22.7 Å². The van der Waals surface area contributed by atoms with Crippen molar-refractivity contribution in [2.75, 3.05) is 13.1 Å². The monoisotopic (exact) mass is 525 g/mol. The highest BCUT2D eigenvalue weighted by Crippen LogP contribution is 2.24. The Morgan fingerprint density at radius 3 is 2.55 bits per heavy atom. The summed E-state index contributed by atoms with van der Waals surface area (Å²) in [5.41, 5.74) is 0.547. The lowest BCUT2D eigenvalue weighted by Gasteiger charge is -2.30. The highest BCUT2D eigenvalue weighted by atomic mass is 16.6. The molecule has 38 heavy (non-hydrogen) atoms. The zero-order valence-corrected chi connectivity index (χ0v) is 22.5. The van der Waals surface area contributed by atoms with E-state index in [-0.39, 0.29) is 30.3 Å². The molecule has 2 fully saturated rings. The predicted molar refractivity (Wildman–Crippen MR) is 140 cm³/mol. The molecule has 0 bridgehead atoms. The topological polar surface area (TPSA) is 141 Å². The summed E-state index contributed by atoms with van der Waals surface area (Å²) >= 11 is 0. The molecular formula is C28H39N5O5. The predicted octanol–water partition coefficient (Wildman–Crippen LogP) is 2.63. The van der Waals surface area contributed by atoms with E-state index < -0.39 is 36.0 Å². The van der Waals surface area contributed by atoms with Gasteiger partial charge >= 0.3 is 6.09 Å². The number of carbonyl (C=O) groups is 4. The second-order valence-electron chi connectivity index (χ2n) is 11.3. The van der Waals surface area contributed by atoms with Crippen molar-refractivity contribution in [2.45, 2.75) is 84.0 Å². The first-order chi connectivity index (χ1) is 18.1. The minimum Gasteiger partial charge on any atom is -0.445 e. The molecule has 1 unspecified atom stereocenters. The molecule has 10 nitrogen and oxygen atoms in total. The van der Waals surface area contributed by atoms with Gasteiger partial charge in [-0.1, -0.05) is 51.1 Å². The van der Waals surface area contributed by atoms with Crippen molar-refractivity contribution in [1.82, 2.24) is 20.9 Å². The number of nitrogens with zero attached hydrogens (tertiary/aromatic N) is 2. The van der Waals surface area contributed by atoms with Crippen LogP contribution in [0.2, 0.25) is 0 Å². The fourth-order valence-corrected chi connectivity index (χ4v) is 4.91. The molecule has 3 N–H and O–H groups in total. The average molecular weight is 526 g/mol. The Balaban J connectivity index is 1.62. The highest BCUT2D eigenvalue weighted by Gasteiger charge is 2.38. The third-order valence-electron chi connectivity index (χ3n) is 6.84. The number of piperidine rings is 1. The van der Waals surface area contributed by atoms with Crippen LogP contribution in [0.5, 0.6) is 0 Å². The van der Waals surface area contributed by atoms with E-state index in [0.717, 1.165) is 12.0 Å². The molecule has 10 heteroatoms. The summed E-state index contributed by atoms with van der Waals surface area (Å²) in [5.74, 6) is -1.35. The Morgan fingerprint density at radius 2 is 1.89 bits per heavy atom. The highest BCUT2D eigenvalue weighted by molar-refractivity contribution is 5.92. The summed E-state index contributed by atoms with van der Waals surface area (Å²) in [6, 6.07) is 8.88. The zero-order chi connectivity index (χ0) is 27.7. The zero-order valence-electron chi connectivity index (χ0n) is 22.5. The summed E-state index contributed by atoms with van der Waals surface area (Å²) in [6.07, 6.45) is 2.59. The van der Waals surface area contributed by atoms with Gasteiger partial charge in [0.2, 0.25) is 17.7 Å². The molecule has 3 rings (SSSR count). The maximum Gasteiger partial charge on any atom is 0.410 e. The molecule has 1 aromatic rings. The molecule has 0 aromatic heterocycles. The van der Waals surface area contributed by atoms with Crippen LogP contribution in [0.3, 0.4) is 0 Å². The first-order valence-corrected chi connectivity index (χ1v) is 13.3. The van der Waals surface area contributed by atoms with Gasteiger partial charge in [-0.3, -0.25) is 19.3 Å². The lowest BCUT2D eigenvalue weighted by Crippen LogP contribution is -2.55. The number of likely N-dealkylation sites (tertiary alicyclic amines) is 1. The van der Waals surface area contributed by atoms with E-state index in [1.165, 1.54) is 4.90 Å². The van der Waals surface area contributed by atoms with Gasteiger partial charge in [0.15, 0.2) is 0 Å². The number of ether oxygens (including phenoxy) is 1. The molecule has 206 valence electrons. The minimum atomic E-state index is -0.902. The van der Waals surface area contributed by atoms with Gasteiger partial charge in [-0.15, -0.1) is 0 Å². The summed E-state index contributed by atoms with van der Waals surface area (Å²) in [7, 11) is 0. The molecule has 0 spiro atoms. The van der Waals surface area contributed by atoms with Gasteiger partial charge in [-0.2, -0.15) is 5.26 Å². The molecule has 4 amide bonds. The second-order valence-corrected chi connectivity index (χ2v) is 11.3. The van der Waals surface area contributed by atoms with E-state index in [1.54, 1.807) is 0 Å². The number of hydrogen-bond acceptors (Lipinski definition) is 6. The van der Waals surface area contributed by atoms with Gasteiger partial charge in [0.1, 0.15) is 24.7 Å². The van der Waals surface area contributed by atoms with Crippen LogP contribution in [0.25, 0.3) is 0 Å². The molecule has 0 radical (unpaired) electrons. The van der Waals surface area contributed by atoms with Crippen LogP contribution in [-0.2, 0) is 25.7 Å². The van der Waals surface area contributed by atoms with E-state index in [1.807, 2.05) is 51.1 Å². The maximum absolute atomic E-state index is 13.3. The largest absolute Gasteiger partial charge is 0.445 e. The van der Waals surface area contributed by atoms with Gasteiger partial charge in [-0.25, -0.2) is 4.79 Å². The summed E-state index contributed by atoms with van der Waals surface area (Å²) in [5, 5.41) is 18.0. The van der Waals surface area contributed by atoms with Crippen molar-refractivity contribution in [3.8, 4) is 6.07 Å². The van der Waals surface area contributed by atoms with E-state index in [0.29, 0.717) is 38.8 Å². The Kier molecular flexibility index (Phi) is 10.1. The SMILES string of the molecule is CC(C)(C)C[C@H](NC(=O)C1CCCN1C(=O)OCc1ccccc1)C(=O)N[C@H](C#N)C[C@@H]1CCCNC1=O. The molecule has 4 atom stereocenters. The number of amides is 4. The number of carbonyl (C=O) groups excluding carboxylic acids is 4. The molecule has 2 aliphatic heterocycles. The van der Waals surface area contributed by atoms with Crippen molar-refractivity contribution in [3.05, 3.63) is 35.9 Å². The summed E-state index contributed by atoms with van der Waals surface area (Å²) in [6.45, 7) is 6.98. The molecule has 2 aliphatic rings. The van der Waals surface area contributed by atoms with Crippen LogP contribution < -0.4 is 16.0 Å². The number of nitrogens with one attached hydrogen (secondary N) is 3. The van der Waals surface area contributed by atoms with E-state index >= 15 is 0 Å². The average Bonchev–Trinajstić information content (AvgIpc) is 3.38. The Labute approximate surface area is 224 Å². The summed E-state index contributed by atoms with van der Waals surface area (Å²) < 4.78 is 5.43. The second kappa shape index (κ2) is 13.3.